The Labute approximate surface area is 124 Å². The minimum Gasteiger partial charge on any atom is -0.313 e. The molecule has 3 heteroatoms. The molecule has 3 saturated carbocycles. The van der Waals surface area contributed by atoms with Gasteiger partial charge in [-0.2, -0.15) is 0 Å². The molecule has 1 aromatic rings. The van der Waals surface area contributed by atoms with Crippen LogP contribution >= 0.6 is 11.6 Å². The van der Waals surface area contributed by atoms with E-state index in [0.29, 0.717) is 5.41 Å². The largest absolute Gasteiger partial charge is 0.313 e. The molecule has 0 aliphatic heterocycles. The molecule has 20 heavy (non-hydrogen) atoms. The van der Waals surface area contributed by atoms with Crippen LogP contribution in [0.4, 0.5) is 4.39 Å². The van der Waals surface area contributed by atoms with Gasteiger partial charge in [0.1, 0.15) is 5.82 Å². The monoisotopic (exact) mass is 293 g/mol. The van der Waals surface area contributed by atoms with E-state index in [0.717, 1.165) is 41.4 Å². The molecule has 1 nitrogen and oxygen atoms in total. The molecule has 1 N–H and O–H groups in total. The Hall–Kier alpha value is -0.600. The molecule has 3 aliphatic rings. The van der Waals surface area contributed by atoms with Gasteiger partial charge in [0.2, 0.25) is 0 Å². The fourth-order valence-electron chi connectivity index (χ4n) is 4.09. The van der Waals surface area contributed by atoms with Gasteiger partial charge in [-0.3, -0.25) is 0 Å². The molecule has 0 radical (unpaired) electrons. The summed E-state index contributed by atoms with van der Waals surface area (Å²) in [4.78, 5) is 0. The van der Waals surface area contributed by atoms with Gasteiger partial charge in [-0.25, -0.2) is 4.39 Å². The van der Waals surface area contributed by atoms with E-state index in [1.807, 2.05) is 0 Å². The number of benzene rings is 1. The molecular weight excluding hydrogens is 273 g/mol. The summed E-state index contributed by atoms with van der Waals surface area (Å²) in [5.74, 6) is 1.70. The summed E-state index contributed by atoms with van der Waals surface area (Å²) in [5.41, 5.74) is 1.30. The molecule has 4 rings (SSSR count). The van der Waals surface area contributed by atoms with E-state index in [-0.39, 0.29) is 5.82 Å². The second-order valence-corrected chi connectivity index (χ2v) is 7.64. The molecule has 0 amide bonds. The third-order valence-corrected chi connectivity index (χ3v) is 5.74. The highest BCUT2D eigenvalue weighted by Crippen LogP contribution is 2.61. The molecule has 0 saturated heterocycles. The summed E-state index contributed by atoms with van der Waals surface area (Å²) < 4.78 is 13.5. The van der Waals surface area contributed by atoms with Crippen LogP contribution in [-0.4, -0.2) is 12.6 Å². The minimum atomic E-state index is -0.169. The van der Waals surface area contributed by atoms with Gasteiger partial charge in [0, 0.05) is 17.6 Å². The first-order chi connectivity index (χ1) is 9.63. The van der Waals surface area contributed by atoms with Crippen LogP contribution in [0.25, 0.3) is 0 Å². The zero-order valence-corrected chi connectivity index (χ0v) is 12.4. The van der Waals surface area contributed by atoms with Crippen molar-refractivity contribution in [3.8, 4) is 0 Å². The lowest BCUT2D eigenvalue weighted by atomic mass is 9.77. The predicted molar refractivity (Wildman–Crippen MR) is 79.4 cm³/mol. The second-order valence-electron chi connectivity index (χ2n) is 7.23. The van der Waals surface area contributed by atoms with Crippen LogP contribution < -0.4 is 5.32 Å². The molecule has 0 spiro atoms. The summed E-state index contributed by atoms with van der Waals surface area (Å²) in [7, 11) is 0. The SMILES string of the molecule is Fc1ccc(Cl)c(CC2(CNC3CC3)CC3CC3C2)c1. The van der Waals surface area contributed by atoms with Gasteiger partial charge in [-0.1, -0.05) is 11.6 Å². The summed E-state index contributed by atoms with van der Waals surface area (Å²) in [6.07, 6.45) is 7.58. The molecule has 0 heterocycles. The van der Waals surface area contributed by atoms with Crippen molar-refractivity contribution in [2.24, 2.45) is 17.3 Å². The summed E-state index contributed by atoms with van der Waals surface area (Å²) in [6.45, 7) is 1.08. The maximum atomic E-state index is 13.5. The van der Waals surface area contributed by atoms with Crippen LogP contribution in [-0.2, 0) is 6.42 Å². The first-order valence-corrected chi connectivity index (χ1v) is 8.19. The van der Waals surface area contributed by atoms with Crippen LogP contribution in [0.1, 0.15) is 37.7 Å². The van der Waals surface area contributed by atoms with Gasteiger partial charge in [0.25, 0.3) is 0 Å². The van der Waals surface area contributed by atoms with Crippen LogP contribution in [0, 0.1) is 23.1 Å². The Morgan fingerprint density at radius 3 is 2.70 bits per heavy atom. The summed E-state index contributed by atoms with van der Waals surface area (Å²) in [5, 5.41) is 4.42. The predicted octanol–water partition coefficient (Wildman–Crippen LogP) is 4.19. The molecule has 2 unspecified atom stereocenters. The van der Waals surface area contributed by atoms with Crippen LogP contribution in [0.15, 0.2) is 18.2 Å². The number of halogens is 2. The number of hydrogen-bond acceptors (Lipinski definition) is 1. The molecule has 108 valence electrons. The van der Waals surface area contributed by atoms with Gasteiger partial charge < -0.3 is 5.32 Å². The van der Waals surface area contributed by atoms with Crippen LogP contribution in [0.3, 0.4) is 0 Å². The van der Waals surface area contributed by atoms with Crippen LogP contribution in [0.5, 0.6) is 0 Å². The van der Waals surface area contributed by atoms with Crippen LogP contribution in [0.2, 0.25) is 5.02 Å². The summed E-state index contributed by atoms with van der Waals surface area (Å²) in [6, 6.07) is 5.52. The molecule has 0 aromatic heterocycles. The fourth-order valence-corrected chi connectivity index (χ4v) is 4.27. The van der Waals surface area contributed by atoms with Gasteiger partial charge in [-0.05, 0) is 79.5 Å². The van der Waals surface area contributed by atoms with Gasteiger partial charge >= 0.3 is 0 Å². The zero-order valence-electron chi connectivity index (χ0n) is 11.7. The fraction of sp³-hybridized carbons (Fsp3) is 0.647. The smallest absolute Gasteiger partial charge is 0.123 e. The Kier molecular flexibility index (Phi) is 3.08. The van der Waals surface area contributed by atoms with Crippen molar-refractivity contribution < 1.29 is 4.39 Å². The lowest BCUT2D eigenvalue weighted by Gasteiger charge is -2.32. The Morgan fingerprint density at radius 1 is 1.25 bits per heavy atom. The van der Waals surface area contributed by atoms with E-state index < -0.39 is 0 Å². The highest BCUT2D eigenvalue weighted by molar-refractivity contribution is 6.31. The van der Waals surface area contributed by atoms with E-state index in [2.05, 4.69) is 5.32 Å². The lowest BCUT2D eigenvalue weighted by Crippen LogP contribution is -2.36. The number of hydrogen-bond donors (Lipinski definition) is 1. The summed E-state index contributed by atoms with van der Waals surface area (Å²) >= 11 is 6.27. The van der Waals surface area contributed by atoms with Crippen molar-refractivity contribution in [2.45, 2.75) is 44.6 Å². The molecule has 3 aliphatic carbocycles. The van der Waals surface area contributed by atoms with E-state index in [1.54, 1.807) is 12.1 Å². The van der Waals surface area contributed by atoms with Crippen molar-refractivity contribution in [1.29, 1.82) is 0 Å². The average molecular weight is 294 g/mol. The van der Waals surface area contributed by atoms with E-state index in [1.165, 1.54) is 38.2 Å². The Balaban J connectivity index is 1.53. The van der Waals surface area contributed by atoms with Gasteiger partial charge in [0.05, 0.1) is 0 Å². The molecule has 2 atom stereocenters. The van der Waals surface area contributed by atoms with E-state index >= 15 is 0 Å². The molecular formula is C17H21ClFN. The molecule has 1 aromatic carbocycles. The Morgan fingerprint density at radius 2 is 2.00 bits per heavy atom. The van der Waals surface area contributed by atoms with Gasteiger partial charge in [-0.15, -0.1) is 0 Å². The van der Waals surface area contributed by atoms with Crippen molar-refractivity contribution in [2.75, 3.05) is 6.54 Å². The topological polar surface area (TPSA) is 12.0 Å². The zero-order chi connectivity index (χ0) is 13.7. The third-order valence-electron chi connectivity index (χ3n) is 5.38. The Bertz CT molecular complexity index is 516. The van der Waals surface area contributed by atoms with Gasteiger partial charge in [0.15, 0.2) is 0 Å². The van der Waals surface area contributed by atoms with Crippen molar-refractivity contribution in [1.82, 2.24) is 5.32 Å². The number of nitrogens with one attached hydrogen (secondary N) is 1. The highest BCUT2D eigenvalue weighted by atomic mass is 35.5. The maximum Gasteiger partial charge on any atom is 0.123 e. The average Bonchev–Trinajstić information content (AvgIpc) is 3.33. The number of fused-ring (bicyclic) bond motifs is 1. The molecule has 3 fully saturated rings. The van der Waals surface area contributed by atoms with Crippen molar-refractivity contribution >= 4 is 11.6 Å². The third kappa shape index (κ3) is 2.60. The van der Waals surface area contributed by atoms with E-state index in [9.17, 15) is 4.39 Å². The maximum absolute atomic E-state index is 13.5. The second kappa shape index (κ2) is 4.71. The minimum absolute atomic E-state index is 0.169. The highest BCUT2D eigenvalue weighted by Gasteiger charge is 2.53. The van der Waals surface area contributed by atoms with E-state index in [4.69, 9.17) is 11.6 Å². The quantitative estimate of drug-likeness (QED) is 0.858. The lowest BCUT2D eigenvalue weighted by molar-refractivity contribution is 0.247. The first-order valence-electron chi connectivity index (χ1n) is 7.81. The standard InChI is InChI=1S/C17H21ClFN/c18-16-4-1-14(19)6-13(16)9-17(10-20-15-2-3-15)7-11-5-12(11)8-17/h1,4,6,11-12,15,20H,2-3,5,7-10H2. The van der Waals surface area contributed by atoms with Crippen molar-refractivity contribution in [3.05, 3.63) is 34.6 Å². The number of rotatable bonds is 5. The normalized spacial score (nSPS) is 35.1. The van der Waals surface area contributed by atoms with Crippen molar-refractivity contribution in [3.63, 3.8) is 0 Å². The molecule has 0 bridgehead atoms. The first kappa shape index (κ1) is 13.1.